The summed E-state index contributed by atoms with van der Waals surface area (Å²) in [7, 11) is 1.58. The third-order valence-corrected chi connectivity index (χ3v) is 3.51. The number of ether oxygens (including phenoxy) is 2. The highest BCUT2D eigenvalue weighted by molar-refractivity contribution is 5.76. The zero-order chi connectivity index (χ0) is 17.4. The highest BCUT2D eigenvalue weighted by atomic mass is 16.5. The lowest BCUT2D eigenvalue weighted by atomic mass is 10.0. The summed E-state index contributed by atoms with van der Waals surface area (Å²) in [5, 5.41) is 2.78. The molecule has 0 aliphatic heterocycles. The highest BCUT2D eigenvalue weighted by Crippen LogP contribution is 2.21. The van der Waals surface area contributed by atoms with E-state index >= 15 is 0 Å². The normalized spacial score (nSPS) is 11.4. The number of carbonyl (C=O) groups is 2. The smallest absolute Gasteiger partial charge is 0.308 e. The van der Waals surface area contributed by atoms with Crippen molar-refractivity contribution in [3.05, 3.63) is 65.7 Å². The van der Waals surface area contributed by atoms with Gasteiger partial charge in [-0.3, -0.25) is 9.59 Å². The minimum atomic E-state index is -0.434. The molecule has 1 atom stereocenters. The van der Waals surface area contributed by atoms with E-state index in [2.05, 4.69) is 5.32 Å². The number of benzene rings is 2. The Morgan fingerprint density at radius 1 is 1.04 bits per heavy atom. The van der Waals surface area contributed by atoms with E-state index in [1.165, 1.54) is 6.92 Å². The lowest BCUT2D eigenvalue weighted by Crippen LogP contribution is -2.28. The molecule has 2 rings (SSSR count). The molecule has 0 aliphatic rings. The molecule has 1 amide bonds. The van der Waals surface area contributed by atoms with Crippen LogP contribution >= 0.6 is 0 Å². The van der Waals surface area contributed by atoms with Gasteiger partial charge in [-0.2, -0.15) is 0 Å². The molecule has 2 aromatic carbocycles. The molecule has 5 heteroatoms. The van der Waals surface area contributed by atoms with Gasteiger partial charge in [-0.05, 0) is 23.3 Å². The summed E-state index contributed by atoms with van der Waals surface area (Å²) in [6, 6.07) is 16.3. The van der Waals surface area contributed by atoms with E-state index < -0.39 is 6.04 Å². The molecule has 5 nitrogen and oxygen atoms in total. The standard InChI is InChI=1S/C19H21NO4/c1-14(21)20-18(16-8-10-17(23-2)11-9-16)12-19(22)24-13-15-6-4-3-5-7-15/h3-11,18H,12-13H2,1-2H3,(H,20,21). The Labute approximate surface area is 141 Å². The molecule has 2 aromatic rings. The van der Waals surface area contributed by atoms with E-state index in [0.29, 0.717) is 5.75 Å². The van der Waals surface area contributed by atoms with Gasteiger partial charge in [0.25, 0.3) is 0 Å². The second-order valence-corrected chi connectivity index (χ2v) is 5.38. The highest BCUT2D eigenvalue weighted by Gasteiger charge is 2.18. The molecule has 0 radical (unpaired) electrons. The van der Waals surface area contributed by atoms with Crippen molar-refractivity contribution in [2.75, 3.05) is 7.11 Å². The predicted molar refractivity (Wildman–Crippen MR) is 90.4 cm³/mol. The molecule has 0 bridgehead atoms. The third-order valence-electron chi connectivity index (χ3n) is 3.51. The Hall–Kier alpha value is -2.82. The number of hydrogen-bond donors (Lipinski definition) is 1. The average molecular weight is 327 g/mol. The summed E-state index contributed by atoms with van der Waals surface area (Å²) in [4.78, 5) is 23.5. The summed E-state index contributed by atoms with van der Waals surface area (Å²) in [5.41, 5.74) is 1.74. The number of amides is 1. The molecule has 24 heavy (non-hydrogen) atoms. The Morgan fingerprint density at radius 2 is 1.71 bits per heavy atom. The monoisotopic (exact) mass is 327 g/mol. The van der Waals surface area contributed by atoms with Gasteiger partial charge in [0, 0.05) is 6.92 Å². The molecular weight excluding hydrogens is 306 g/mol. The minimum Gasteiger partial charge on any atom is -0.497 e. The zero-order valence-corrected chi connectivity index (χ0v) is 13.8. The summed E-state index contributed by atoms with van der Waals surface area (Å²) in [6.07, 6.45) is 0.0682. The van der Waals surface area contributed by atoms with Gasteiger partial charge >= 0.3 is 5.97 Å². The van der Waals surface area contributed by atoms with E-state index in [1.807, 2.05) is 42.5 Å². The van der Waals surface area contributed by atoms with Gasteiger partial charge in [-0.25, -0.2) is 0 Å². The van der Waals surface area contributed by atoms with Crippen molar-refractivity contribution >= 4 is 11.9 Å². The van der Waals surface area contributed by atoms with Gasteiger partial charge in [0.1, 0.15) is 12.4 Å². The van der Waals surface area contributed by atoms with Crippen molar-refractivity contribution in [3.8, 4) is 5.75 Å². The van der Waals surface area contributed by atoms with Gasteiger partial charge in [-0.15, -0.1) is 0 Å². The SMILES string of the molecule is COc1ccc(C(CC(=O)OCc2ccccc2)NC(C)=O)cc1. The van der Waals surface area contributed by atoms with Gasteiger partial charge in [0.05, 0.1) is 19.6 Å². The Morgan fingerprint density at radius 3 is 2.29 bits per heavy atom. The average Bonchev–Trinajstić information content (AvgIpc) is 2.60. The first kappa shape index (κ1) is 17.5. The first-order chi connectivity index (χ1) is 11.6. The van der Waals surface area contributed by atoms with Crippen LogP contribution in [0.4, 0.5) is 0 Å². The van der Waals surface area contributed by atoms with Crippen LogP contribution in [0.1, 0.15) is 30.5 Å². The zero-order valence-electron chi connectivity index (χ0n) is 13.8. The first-order valence-corrected chi connectivity index (χ1v) is 7.69. The molecular formula is C19H21NO4. The van der Waals surface area contributed by atoms with Crippen LogP contribution in [0.15, 0.2) is 54.6 Å². The van der Waals surface area contributed by atoms with Crippen LogP contribution in [0.25, 0.3) is 0 Å². The van der Waals surface area contributed by atoms with Crippen molar-refractivity contribution in [2.45, 2.75) is 26.0 Å². The molecule has 1 unspecified atom stereocenters. The molecule has 0 saturated carbocycles. The fourth-order valence-corrected chi connectivity index (χ4v) is 2.30. The fourth-order valence-electron chi connectivity index (χ4n) is 2.30. The summed E-state index contributed by atoms with van der Waals surface area (Å²) >= 11 is 0. The van der Waals surface area contributed by atoms with Crippen LogP contribution in [0, 0.1) is 0 Å². The maximum absolute atomic E-state index is 12.1. The summed E-state index contributed by atoms with van der Waals surface area (Å²) < 4.78 is 10.4. The molecule has 0 aromatic heterocycles. The van der Waals surface area contributed by atoms with Crippen LogP contribution in [-0.2, 0) is 20.9 Å². The largest absolute Gasteiger partial charge is 0.497 e. The van der Waals surface area contributed by atoms with Crippen LogP contribution < -0.4 is 10.1 Å². The molecule has 1 N–H and O–H groups in total. The molecule has 126 valence electrons. The second kappa shape index (κ2) is 8.72. The predicted octanol–water partition coefficient (Wildman–Crippen LogP) is 3.01. The molecule has 0 heterocycles. The quantitative estimate of drug-likeness (QED) is 0.794. The van der Waals surface area contributed by atoms with E-state index in [9.17, 15) is 9.59 Å². The molecule has 0 fully saturated rings. The van der Waals surface area contributed by atoms with E-state index in [-0.39, 0.29) is 24.9 Å². The van der Waals surface area contributed by atoms with Crippen molar-refractivity contribution < 1.29 is 19.1 Å². The Balaban J connectivity index is 1.99. The second-order valence-electron chi connectivity index (χ2n) is 5.38. The summed E-state index contributed by atoms with van der Waals surface area (Å²) in [6.45, 7) is 1.64. The van der Waals surface area contributed by atoms with Crippen molar-refractivity contribution in [1.29, 1.82) is 0 Å². The number of hydrogen-bond acceptors (Lipinski definition) is 4. The van der Waals surface area contributed by atoms with Crippen molar-refractivity contribution in [1.82, 2.24) is 5.32 Å². The number of nitrogens with one attached hydrogen (secondary N) is 1. The number of rotatable bonds is 7. The number of carbonyl (C=O) groups excluding carboxylic acids is 2. The van der Waals surface area contributed by atoms with E-state index in [4.69, 9.17) is 9.47 Å². The van der Waals surface area contributed by atoms with E-state index in [1.54, 1.807) is 19.2 Å². The van der Waals surface area contributed by atoms with Crippen LogP contribution in [0.3, 0.4) is 0 Å². The lowest BCUT2D eigenvalue weighted by molar-refractivity contribution is -0.145. The first-order valence-electron chi connectivity index (χ1n) is 7.69. The Bertz CT molecular complexity index is 668. The summed E-state index contributed by atoms with van der Waals surface area (Å²) in [5.74, 6) is 0.145. The molecule has 0 saturated heterocycles. The van der Waals surface area contributed by atoms with Crippen LogP contribution in [0.5, 0.6) is 5.75 Å². The van der Waals surface area contributed by atoms with Gasteiger partial charge in [0.15, 0.2) is 0 Å². The van der Waals surface area contributed by atoms with Gasteiger partial charge in [-0.1, -0.05) is 42.5 Å². The maximum Gasteiger partial charge on any atom is 0.308 e. The van der Waals surface area contributed by atoms with Gasteiger partial charge in [0.2, 0.25) is 5.91 Å². The maximum atomic E-state index is 12.1. The number of methoxy groups -OCH3 is 1. The fraction of sp³-hybridized carbons (Fsp3) is 0.263. The molecule has 0 spiro atoms. The van der Waals surface area contributed by atoms with Gasteiger partial charge < -0.3 is 14.8 Å². The lowest BCUT2D eigenvalue weighted by Gasteiger charge is -2.18. The topological polar surface area (TPSA) is 64.6 Å². The minimum absolute atomic E-state index is 0.0682. The van der Waals surface area contributed by atoms with Crippen LogP contribution in [-0.4, -0.2) is 19.0 Å². The number of esters is 1. The molecule has 0 aliphatic carbocycles. The Kier molecular flexibility index (Phi) is 6.37. The van der Waals surface area contributed by atoms with Crippen LogP contribution in [0.2, 0.25) is 0 Å². The van der Waals surface area contributed by atoms with E-state index in [0.717, 1.165) is 11.1 Å². The van der Waals surface area contributed by atoms with Crippen molar-refractivity contribution in [2.24, 2.45) is 0 Å². The third kappa shape index (κ3) is 5.43. The van der Waals surface area contributed by atoms with Crippen molar-refractivity contribution in [3.63, 3.8) is 0 Å².